The van der Waals surface area contributed by atoms with Gasteiger partial charge in [-0.2, -0.15) is 0 Å². The van der Waals surface area contributed by atoms with Crippen molar-refractivity contribution in [2.24, 2.45) is 0 Å². The van der Waals surface area contributed by atoms with Gasteiger partial charge in [-0.1, -0.05) is 18.2 Å². The summed E-state index contributed by atoms with van der Waals surface area (Å²) in [4.78, 5) is 20.5. The van der Waals surface area contributed by atoms with E-state index in [1.54, 1.807) is 23.7 Å². The molecule has 26 heavy (non-hydrogen) atoms. The van der Waals surface area contributed by atoms with E-state index in [-0.39, 0.29) is 5.91 Å². The molecule has 0 radical (unpaired) electrons. The van der Waals surface area contributed by atoms with Crippen LogP contribution in [-0.2, 0) is 11.2 Å². The number of nitrogens with zero attached hydrogens (tertiary/aromatic N) is 2. The summed E-state index contributed by atoms with van der Waals surface area (Å²) in [5.74, 6) is 0.882. The molecule has 0 saturated heterocycles. The molecule has 0 saturated carbocycles. The summed E-state index contributed by atoms with van der Waals surface area (Å²) in [6, 6.07) is 13.5. The highest BCUT2D eigenvalue weighted by Gasteiger charge is 2.06. The quantitative estimate of drug-likeness (QED) is 0.586. The van der Waals surface area contributed by atoms with Crippen LogP contribution in [0, 0.1) is 0 Å². The summed E-state index contributed by atoms with van der Waals surface area (Å²) in [6.07, 6.45) is 5.42. The van der Waals surface area contributed by atoms with E-state index in [0.717, 1.165) is 28.4 Å². The van der Waals surface area contributed by atoms with Gasteiger partial charge in [0.15, 0.2) is 0 Å². The van der Waals surface area contributed by atoms with E-state index in [0.29, 0.717) is 26.0 Å². The van der Waals surface area contributed by atoms with Crippen LogP contribution in [-0.4, -0.2) is 29.0 Å². The number of hydrogen-bond acceptors (Lipinski definition) is 5. The zero-order valence-electron chi connectivity index (χ0n) is 14.4. The number of benzene rings is 1. The van der Waals surface area contributed by atoms with Crippen LogP contribution in [0.15, 0.2) is 60.2 Å². The van der Waals surface area contributed by atoms with Gasteiger partial charge in [-0.25, -0.2) is 4.98 Å². The number of pyridine rings is 1. The summed E-state index contributed by atoms with van der Waals surface area (Å²) in [5.41, 5.74) is 2.06. The Hall–Kier alpha value is -2.73. The fraction of sp³-hybridized carbons (Fsp3) is 0.250. The Morgan fingerprint density at radius 3 is 2.73 bits per heavy atom. The fourth-order valence-corrected chi connectivity index (χ4v) is 3.27. The van der Waals surface area contributed by atoms with Gasteiger partial charge in [0.1, 0.15) is 10.8 Å². The molecule has 1 N–H and O–H groups in total. The van der Waals surface area contributed by atoms with E-state index in [9.17, 15) is 4.79 Å². The molecule has 2 heterocycles. The lowest BCUT2D eigenvalue weighted by molar-refractivity contribution is -0.121. The monoisotopic (exact) mass is 367 g/mol. The normalized spacial score (nSPS) is 10.5. The van der Waals surface area contributed by atoms with Crippen LogP contribution in [0.1, 0.15) is 18.5 Å². The second kappa shape index (κ2) is 9.68. The highest BCUT2D eigenvalue weighted by Crippen LogP contribution is 2.22. The average Bonchev–Trinajstić information content (AvgIpc) is 3.16. The zero-order valence-corrected chi connectivity index (χ0v) is 15.2. The van der Waals surface area contributed by atoms with E-state index >= 15 is 0 Å². The van der Waals surface area contributed by atoms with Crippen molar-refractivity contribution in [1.82, 2.24) is 15.3 Å². The van der Waals surface area contributed by atoms with Gasteiger partial charge in [0.05, 0.1) is 12.3 Å². The van der Waals surface area contributed by atoms with Crippen molar-refractivity contribution in [3.05, 3.63) is 65.9 Å². The number of rotatable bonds is 9. The molecule has 3 rings (SSSR count). The van der Waals surface area contributed by atoms with Crippen molar-refractivity contribution in [2.75, 3.05) is 13.2 Å². The molecule has 6 heteroatoms. The molecule has 1 aromatic carbocycles. The smallest absolute Gasteiger partial charge is 0.220 e. The van der Waals surface area contributed by atoms with E-state index in [1.165, 1.54) is 0 Å². The molecule has 0 aliphatic carbocycles. The van der Waals surface area contributed by atoms with Crippen molar-refractivity contribution in [2.45, 2.75) is 19.3 Å². The second-order valence-corrected chi connectivity index (χ2v) is 6.60. The largest absolute Gasteiger partial charge is 0.494 e. The third kappa shape index (κ3) is 5.67. The number of ether oxygens (including phenoxy) is 1. The Kier molecular flexibility index (Phi) is 6.73. The topological polar surface area (TPSA) is 64.1 Å². The van der Waals surface area contributed by atoms with Crippen molar-refractivity contribution in [3.8, 4) is 16.3 Å². The minimum Gasteiger partial charge on any atom is -0.494 e. The van der Waals surface area contributed by atoms with Gasteiger partial charge in [0.25, 0.3) is 0 Å². The predicted molar refractivity (Wildman–Crippen MR) is 103 cm³/mol. The SMILES string of the molecule is O=C(CCCOc1ccccc1)NCCc1csc(-c2ccncc2)n1. The molecular formula is C20H21N3O2S. The van der Waals surface area contributed by atoms with Crippen LogP contribution in [0.2, 0.25) is 0 Å². The van der Waals surface area contributed by atoms with E-state index in [4.69, 9.17) is 4.74 Å². The molecule has 0 fully saturated rings. The molecule has 2 aromatic heterocycles. The van der Waals surface area contributed by atoms with Crippen molar-refractivity contribution < 1.29 is 9.53 Å². The molecule has 0 bridgehead atoms. The first kappa shape index (κ1) is 18.1. The van der Waals surface area contributed by atoms with Crippen molar-refractivity contribution in [3.63, 3.8) is 0 Å². The summed E-state index contributed by atoms with van der Waals surface area (Å²) in [6.45, 7) is 1.14. The van der Waals surface area contributed by atoms with Gasteiger partial charge in [0.2, 0.25) is 5.91 Å². The molecule has 0 unspecified atom stereocenters. The Labute approximate surface area is 157 Å². The number of carbonyl (C=O) groups is 1. The van der Waals surface area contributed by atoms with Gasteiger partial charge in [-0.05, 0) is 30.7 Å². The number of hydrogen-bond donors (Lipinski definition) is 1. The molecule has 0 atom stereocenters. The minimum atomic E-state index is 0.0475. The first-order valence-corrected chi connectivity index (χ1v) is 9.48. The van der Waals surface area contributed by atoms with Crippen LogP contribution < -0.4 is 10.1 Å². The number of aromatic nitrogens is 2. The maximum atomic E-state index is 11.9. The number of carbonyl (C=O) groups excluding carboxylic acids is 1. The minimum absolute atomic E-state index is 0.0475. The fourth-order valence-electron chi connectivity index (χ4n) is 2.41. The average molecular weight is 367 g/mol. The van der Waals surface area contributed by atoms with Gasteiger partial charge < -0.3 is 10.1 Å². The van der Waals surface area contributed by atoms with Gasteiger partial charge in [0, 0.05) is 42.7 Å². The van der Waals surface area contributed by atoms with Crippen LogP contribution >= 0.6 is 11.3 Å². The molecular weight excluding hydrogens is 346 g/mol. The third-order valence-electron chi connectivity index (χ3n) is 3.74. The van der Waals surface area contributed by atoms with Gasteiger partial charge >= 0.3 is 0 Å². The maximum Gasteiger partial charge on any atom is 0.220 e. The van der Waals surface area contributed by atoms with E-state index < -0.39 is 0 Å². The summed E-state index contributed by atoms with van der Waals surface area (Å²) < 4.78 is 5.58. The highest BCUT2D eigenvalue weighted by atomic mass is 32.1. The van der Waals surface area contributed by atoms with Crippen molar-refractivity contribution >= 4 is 17.2 Å². The first-order valence-electron chi connectivity index (χ1n) is 8.60. The van der Waals surface area contributed by atoms with E-state index in [1.807, 2.05) is 47.8 Å². The number of thiazole rings is 1. The van der Waals surface area contributed by atoms with E-state index in [2.05, 4.69) is 15.3 Å². The Morgan fingerprint density at radius 1 is 1.12 bits per heavy atom. The Morgan fingerprint density at radius 2 is 1.92 bits per heavy atom. The lowest BCUT2D eigenvalue weighted by atomic mass is 10.2. The van der Waals surface area contributed by atoms with Gasteiger partial charge in [-0.3, -0.25) is 9.78 Å². The zero-order chi connectivity index (χ0) is 18.0. The van der Waals surface area contributed by atoms with Crippen LogP contribution in [0.4, 0.5) is 0 Å². The standard InChI is InChI=1S/C20H21N3O2S/c24-19(7-4-14-25-18-5-2-1-3-6-18)22-13-10-17-15-26-20(23-17)16-8-11-21-12-9-16/h1-3,5-6,8-9,11-12,15H,4,7,10,13-14H2,(H,22,24). The molecule has 1 amide bonds. The Bertz CT molecular complexity index is 806. The molecule has 5 nitrogen and oxygen atoms in total. The van der Waals surface area contributed by atoms with Crippen LogP contribution in [0.25, 0.3) is 10.6 Å². The number of nitrogens with one attached hydrogen (secondary N) is 1. The Balaban J connectivity index is 1.32. The molecule has 0 aliphatic rings. The highest BCUT2D eigenvalue weighted by molar-refractivity contribution is 7.13. The first-order chi connectivity index (χ1) is 12.8. The summed E-state index contributed by atoms with van der Waals surface area (Å²) in [5, 5.41) is 5.95. The number of para-hydroxylation sites is 1. The third-order valence-corrected chi connectivity index (χ3v) is 4.68. The maximum absolute atomic E-state index is 11.9. The summed E-state index contributed by atoms with van der Waals surface area (Å²) in [7, 11) is 0. The molecule has 134 valence electrons. The molecule has 3 aromatic rings. The predicted octanol–water partition coefficient (Wildman–Crippen LogP) is 3.72. The molecule has 0 aliphatic heterocycles. The summed E-state index contributed by atoms with van der Waals surface area (Å²) >= 11 is 1.61. The molecule has 0 spiro atoms. The van der Waals surface area contributed by atoms with Crippen LogP contribution in [0.3, 0.4) is 0 Å². The number of amides is 1. The van der Waals surface area contributed by atoms with Crippen LogP contribution in [0.5, 0.6) is 5.75 Å². The lowest BCUT2D eigenvalue weighted by Crippen LogP contribution is -2.25. The van der Waals surface area contributed by atoms with Crippen molar-refractivity contribution in [1.29, 1.82) is 0 Å². The second-order valence-electron chi connectivity index (χ2n) is 5.74. The lowest BCUT2D eigenvalue weighted by Gasteiger charge is -2.06. The van der Waals surface area contributed by atoms with Gasteiger partial charge in [-0.15, -0.1) is 11.3 Å².